The van der Waals surface area contributed by atoms with Gasteiger partial charge in [0.15, 0.2) is 0 Å². The van der Waals surface area contributed by atoms with Crippen LogP contribution in [0.1, 0.15) is 25.0 Å². The number of rotatable bonds is 3. The van der Waals surface area contributed by atoms with Gasteiger partial charge in [-0.05, 0) is 28.7 Å². The predicted molar refractivity (Wildman–Crippen MR) is 150 cm³/mol. The average molecular weight is 689 g/mol. The summed E-state index contributed by atoms with van der Waals surface area (Å²) in [7, 11) is 3.91. The molecule has 0 saturated heterocycles. The molecule has 1 aliphatic rings. The summed E-state index contributed by atoms with van der Waals surface area (Å²) < 4.78 is 5.94. The summed E-state index contributed by atoms with van der Waals surface area (Å²) in [4.78, 5) is 8.73. The number of aryl methyl sites for hydroxylation is 2. The zero-order valence-corrected chi connectivity index (χ0v) is 24.6. The molecular weight excluding hydrogens is 661 g/mol. The zero-order valence-electron chi connectivity index (χ0n) is 22.3. The minimum Gasteiger partial charge on any atom is -0.338 e. The normalized spacial score (nSPS) is 12.6. The van der Waals surface area contributed by atoms with Crippen molar-refractivity contribution in [1.29, 1.82) is 0 Å². The molecule has 7 rings (SSSR count). The molecule has 0 atom stereocenters. The first-order valence-electron chi connectivity index (χ1n) is 12.6. The molecule has 197 valence electrons. The second kappa shape index (κ2) is 10.6. The molecule has 1 aliphatic carbocycles. The summed E-state index contributed by atoms with van der Waals surface area (Å²) in [6.45, 7) is 4.58. The monoisotopic (exact) mass is 689 g/mol. The van der Waals surface area contributed by atoms with Crippen LogP contribution in [0.25, 0.3) is 39.7 Å². The fraction of sp³-hybridized carbons (Fsp3) is 0.156. The molecular formula is C32H28IrN6-2. The number of imidazole rings is 1. The standard InChI is InChI=1S/C23H20N3.C9H8N3.Ir/c1-23(2)19-8-5-4-7-17(19)18-15-16(10-11-20(18)23)22-24-12-14-26(22)21-9-6-13-25(21)3;1-12-9(10-7-11-12)8-5-3-2-4-6-8;/h4-9,11-15H,1-3H3;2-5,7H,1H3;/q2*-1;. The van der Waals surface area contributed by atoms with Gasteiger partial charge in [-0.25, -0.2) is 0 Å². The Morgan fingerprint density at radius 1 is 0.769 bits per heavy atom. The molecule has 3 aromatic carbocycles. The van der Waals surface area contributed by atoms with Crippen molar-refractivity contribution in [2.45, 2.75) is 19.3 Å². The van der Waals surface area contributed by atoms with Crippen LogP contribution in [0.15, 0.2) is 97.7 Å². The van der Waals surface area contributed by atoms with Gasteiger partial charge >= 0.3 is 0 Å². The van der Waals surface area contributed by atoms with Crippen LogP contribution >= 0.6 is 0 Å². The van der Waals surface area contributed by atoms with Crippen LogP contribution in [0.3, 0.4) is 0 Å². The van der Waals surface area contributed by atoms with Crippen molar-refractivity contribution >= 4 is 0 Å². The first-order valence-corrected chi connectivity index (χ1v) is 12.6. The van der Waals surface area contributed by atoms with Crippen LogP contribution in [0.4, 0.5) is 0 Å². The predicted octanol–water partition coefficient (Wildman–Crippen LogP) is 6.26. The fourth-order valence-electron chi connectivity index (χ4n) is 5.23. The number of hydrogen-bond donors (Lipinski definition) is 0. The molecule has 6 nitrogen and oxygen atoms in total. The Kier molecular flexibility index (Phi) is 7.21. The third-order valence-corrected chi connectivity index (χ3v) is 7.22. The second-order valence-corrected chi connectivity index (χ2v) is 9.93. The Labute approximate surface area is 242 Å². The van der Waals surface area contributed by atoms with Gasteiger partial charge in [-0.3, -0.25) is 14.6 Å². The Morgan fingerprint density at radius 3 is 2.31 bits per heavy atom. The summed E-state index contributed by atoms with van der Waals surface area (Å²) in [5, 5.41) is 3.98. The summed E-state index contributed by atoms with van der Waals surface area (Å²) in [5.74, 6) is 2.85. The minimum atomic E-state index is 0. The van der Waals surface area contributed by atoms with Crippen molar-refractivity contribution in [2.75, 3.05) is 0 Å². The van der Waals surface area contributed by atoms with Crippen LogP contribution in [-0.4, -0.2) is 28.9 Å². The van der Waals surface area contributed by atoms with Crippen LogP contribution in [-0.2, 0) is 39.6 Å². The van der Waals surface area contributed by atoms with Crippen molar-refractivity contribution in [3.05, 3.63) is 121 Å². The molecule has 3 heterocycles. The van der Waals surface area contributed by atoms with Crippen molar-refractivity contribution in [3.8, 4) is 39.7 Å². The second-order valence-electron chi connectivity index (χ2n) is 9.93. The number of nitrogens with zero attached hydrogens (tertiary/aromatic N) is 6. The fourth-order valence-corrected chi connectivity index (χ4v) is 5.23. The van der Waals surface area contributed by atoms with Gasteiger partial charge in [-0.2, -0.15) is 5.10 Å². The van der Waals surface area contributed by atoms with Crippen molar-refractivity contribution in [3.63, 3.8) is 0 Å². The third-order valence-electron chi connectivity index (χ3n) is 7.22. The van der Waals surface area contributed by atoms with E-state index in [1.807, 2.05) is 63.0 Å². The maximum Gasteiger partial charge on any atom is 0.127 e. The molecule has 0 unspecified atom stereocenters. The van der Waals surface area contributed by atoms with Gasteiger partial charge in [-0.15, -0.1) is 65.2 Å². The molecule has 7 heteroatoms. The molecule has 0 saturated carbocycles. The number of hydrogen-bond acceptors (Lipinski definition) is 3. The van der Waals surface area contributed by atoms with Crippen molar-refractivity contribution in [1.82, 2.24) is 28.9 Å². The van der Waals surface area contributed by atoms with E-state index in [2.05, 4.69) is 92.6 Å². The van der Waals surface area contributed by atoms with E-state index in [1.165, 1.54) is 28.6 Å². The maximum absolute atomic E-state index is 4.62. The maximum atomic E-state index is 4.62. The van der Waals surface area contributed by atoms with E-state index in [0.717, 1.165) is 28.6 Å². The SMILES string of the molecule is Cn1cccc1-n1ccnc1-c1[c-]cc2c(c1)-c1ccccc1C2(C)C.Cn1ncnc1-c1[c-]cccc1.[Ir]. The molecule has 0 aliphatic heterocycles. The average Bonchev–Trinajstić information content (AvgIpc) is 3.72. The molecule has 0 amide bonds. The quantitative estimate of drug-likeness (QED) is 0.206. The Bertz CT molecular complexity index is 1720. The Morgan fingerprint density at radius 2 is 1.59 bits per heavy atom. The molecule has 1 radical (unpaired) electrons. The van der Waals surface area contributed by atoms with Crippen LogP contribution in [0, 0.1) is 12.1 Å². The van der Waals surface area contributed by atoms with E-state index in [1.54, 1.807) is 4.68 Å². The Balaban J connectivity index is 0.000000200. The minimum absolute atomic E-state index is 0. The van der Waals surface area contributed by atoms with Crippen LogP contribution in [0.2, 0.25) is 0 Å². The van der Waals surface area contributed by atoms with Gasteiger partial charge in [0.25, 0.3) is 0 Å². The first-order chi connectivity index (χ1) is 18.4. The van der Waals surface area contributed by atoms with E-state index < -0.39 is 0 Å². The number of aromatic nitrogens is 6. The van der Waals surface area contributed by atoms with E-state index in [9.17, 15) is 0 Å². The van der Waals surface area contributed by atoms with E-state index in [0.29, 0.717) is 0 Å². The zero-order chi connectivity index (χ0) is 26.3. The van der Waals surface area contributed by atoms with Gasteiger partial charge in [0.1, 0.15) is 12.1 Å². The van der Waals surface area contributed by atoms with Crippen LogP contribution < -0.4 is 0 Å². The molecule has 3 aromatic heterocycles. The van der Waals surface area contributed by atoms with Gasteiger partial charge in [0, 0.05) is 52.8 Å². The smallest absolute Gasteiger partial charge is 0.127 e. The largest absolute Gasteiger partial charge is 0.338 e. The van der Waals surface area contributed by atoms with Gasteiger partial charge in [0.05, 0.1) is 11.6 Å². The summed E-state index contributed by atoms with van der Waals surface area (Å²) >= 11 is 0. The van der Waals surface area contributed by atoms with Crippen molar-refractivity contribution in [2.24, 2.45) is 14.1 Å². The van der Waals surface area contributed by atoms with Gasteiger partial charge < -0.3 is 9.13 Å². The molecule has 0 fully saturated rings. The third kappa shape index (κ3) is 4.69. The molecule has 0 bridgehead atoms. The summed E-state index contributed by atoms with van der Waals surface area (Å²) in [6, 6.07) is 31.5. The van der Waals surface area contributed by atoms with Crippen molar-refractivity contribution < 1.29 is 20.1 Å². The van der Waals surface area contributed by atoms with E-state index in [-0.39, 0.29) is 25.5 Å². The summed E-state index contributed by atoms with van der Waals surface area (Å²) in [5.41, 5.74) is 7.32. The first kappa shape index (κ1) is 26.5. The van der Waals surface area contributed by atoms with Gasteiger partial charge in [0.2, 0.25) is 0 Å². The molecule has 0 N–H and O–H groups in total. The van der Waals surface area contributed by atoms with Crippen LogP contribution in [0.5, 0.6) is 0 Å². The Hall–Kier alpha value is -4.06. The molecule has 6 aromatic rings. The van der Waals surface area contributed by atoms with E-state index >= 15 is 0 Å². The molecule has 0 spiro atoms. The number of benzene rings is 3. The summed E-state index contributed by atoms with van der Waals surface area (Å²) in [6.07, 6.45) is 7.44. The topological polar surface area (TPSA) is 53.5 Å². The number of fused-ring (bicyclic) bond motifs is 3. The molecule has 39 heavy (non-hydrogen) atoms. The van der Waals surface area contributed by atoms with E-state index in [4.69, 9.17) is 0 Å². The van der Waals surface area contributed by atoms with Gasteiger partial charge in [-0.1, -0.05) is 43.7 Å².